The number of para-hydroxylation sites is 1. The van der Waals surface area contributed by atoms with Crippen LogP contribution in [-0.4, -0.2) is 40.8 Å². The van der Waals surface area contributed by atoms with Gasteiger partial charge in [-0.15, -0.1) is 0 Å². The van der Waals surface area contributed by atoms with E-state index >= 15 is 0 Å². The van der Waals surface area contributed by atoms with E-state index in [-0.39, 0.29) is 29.4 Å². The molecule has 34 heavy (non-hydrogen) atoms. The lowest BCUT2D eigenvalue weighted by Crippen LogP contribution is -2.46. The van der Waals surface area contributed by atoms with Gasteiger partial charge in [-0.05, 0) is 42.8 Å². The van der Waals surface area contributed by atoms with E-state index in [4.69, 9.17) is 0 Å². The van der Waals surface area contributed by atoms with Crippen LogP contribution < -0.4 is 4.31 Å². The fourth-order valence-corrected chi connectivity index (χ4v) is 7.69. The Labute approximate surface area is 202 Å². The molecule has 0 N–H and O–H groups in total. The second kappa shape index (κ2) is 9.02. The zero-order chi connectivity index (χ0) is 24.6. The maximum atomic E-state index is 13.6. The molecule has 1 heterocycles. The molecule has 178 valence electrons. The topological polar surface area (TPSA) is 74.8 Å². The van der Waals surface area contributed by atoms with Crippen LogP contribution in [-0.2, 0) is 25.5 Å². The van der Waals surface area contributed by atoms with Crippen molar-refractivity contribution in [1.29, 1.82) is 0 Å². The number of fused-ring (bicyclic) bond motifs is 1. The maximum Gasteiger partial charge on any atom is 0.264 e. The normalized spacial score (nSPS) is 18.1. The lowest BCUT2D eigenvalue weighted by atomic mass is 9.84. The van der Waals surface area contributed by atoms with Crippen LogP contribution in [0.1, 0.15) is 19.4 Å². The fourth-order valence-electron chi connectivity index (χ4n) is 4.42. The van der Waals surface area contributed by atoms with Gasteiger partial charge in [-0.1, -0.05) is 73.7 Å². The highest BCUT2D eigenvalue weighted by atomic mass is 32.2. The summed E-state index contributed by atoms with van der Waals surface area (Å²) in [6.45, 7) is 7.99. The van der Waals surface area contributed by atoms with E-state index in [1.165, 1.54) is 8.61 Å². The molecule has 0 saturated heterocycles. The van der Waals surface area contributed by atoms with E-state index in [1.807, 2.05) is 19.1 Å². The zero-order valence-corrected chi connectivity index (χ0v) is 20.9. The van der Waals surface area contributed by atoms with Crippen molar-refractivity contribution in [3.05, 3.63) is 103 Å². The summed E-state index contributed by atoms with van der Waals surface area (Å²) in [6.07, 6.45) is 0. The van der Waals surface area contributed by atoms with E-state index in [9.17, 15) is 16.8 Å². The molecule has 0 aromatic heterocycles. The molecule has 3 aromatic carbocycles. The van der Waals surface area contributed by atoms with Crippen LogP contribution in [0, 0.1) is 0 Å². The van der Waals surface area contributed by atoms with E-state index in [2.05, 4.69) is 6.58 Å². The minimum Gasteiger partial charge on any atom is -0.265 e. The van der Waals surface area contributed by atoms with Gasteiger partial charge in [0.15, 0.2) is 0 Å². The third kappa shape index (κ3) is 4.41. The van der Waals surface area contributed by atoms with Gasteiger partial charge < -0.3 is 0 Å². The minimum atomic E-state index is -3.82. The highest BCUT2D eigenvalue weighted by Crippen LogP contribution is 2.44. The number of rotatable bonds is 8. The first-order valence-corrected chi connectivity index (χ1v) is 13.8. The Kier molecular flexibility index (Phi) is 6.42. The van der Waals surface area contributed by atoms with Crippen molar-refractivity contribution in [1.82, 2.24) is 4.31 Å². The molecule has 0 aliphatic carbocycles. The Bertz CT molecular complexity index is 1410. The molecule has 0 spiro atoms. The average molecular weight is 497 g/mol. The summed E-state index contributed by atoms with van der Waals surface area (Å²) in [5.74, 6) is 0. The van der Waals surface area contributed by atoms with Gasteiger partial charge in [0.25, 0.3) is 10.0 Å². The highest BCUT2D eigenvalue weighted by molar-refractivity contribution is 7.92. The molecule has 4 rings (SSSR count). The van der Waals surface area contributed by atoms with Crippen molar-refractivity contribution in [3.63, 3.8) is 0 Å². The van der Waals surface area contributed by atoms with Crippen molar-refractivity contribution < 1.29 is 16.8 Å². The van der Waals surface area contributed by atoms with E-state index in [0.29, 0.717) is 11.3 Å². The first-order chi connectivity index (χ1) is 16.1. The number of nitrogens with zero attached hydrogens (tertiary/aromatic N) is 2. The molecule has 1 aliphatic rings. The molecule has 0 amide bonds. The first-order valence-electron chi connectivity index (χ1n) is 10.9. The van der Waals surface area contributed by atoms with Crippen LogP contribution in [0.2, 0.25) is 0 Å². The Balaban J connectivity index is 1.77. The van der Waals surface area contributed by atoms with Crippen LogP contribution in [0.15, 0.2) is 107 Å². The van der Waals surface area contributed by atoms with Gasteiger partial charge in [0, 0.05) is 25.0 Å². The van der Waals surface area contributed by atoms with Gasteiger partial charge in [-0.3, -0.25) is 4.31 Å². The van der Waals surface area contributed by atoms with E-state index < -0.39 is 25.5 Å². The van der Waals surface area contributed by atoms with Crippen LogP contribution in [0.5, 0.6) is 0 Å². The van der Waals surface area contributed by atoms with Crippen LogP contribution >= 0.6 is 0 Å². The fraction of sp³-hybridized carbons (Fsp3) is 0.231. The predicted octanol–water partition coefficient (Wildman–Crippen LogP) is 4.42. The van der Waals surface area contributed by atoms with Crippen LogP contribution in [0.25, 0.3) is 0 Å². The first kappa shape index (κ1) is 24.2. The number of benzene rings is 3. The Morgan fingerprint density at radius 2 is 1.41 bits per heavy atom. The Morgan fingerprint density at radius 1 is 0.882 bits per heavy atom. The van der Waals surface area contributed by atoms with Gasteiger partial charge in [0.2, 0.25) is 10.0 Å². The third-order valence-corrected chi connectivity index (χ3v) is 9.58. The summed E-state index contributed by atoms with van der Waals surface area (Å²) in [5, 5.41) is 0. The molecule has 1 unspecified atom stereocenters. The van der Waals surface area contributed by atoms with Gasteiger partial charge in [0.1, 0.15) is 0 Å². The smallest absolute Gasteiger partial charge is 0.264 e. The van der Waals surface area contributed by atoms with Gasteiger partial charge in [-0.25, -0.2) is 16.8 Å². The van der Waals surface area contributed by atoms with Gasteiger partial charge in [0.05, 0.1) is 15.5 Å². The molecule has 6 nitrogen and oxygen atoms in total. The molecule has 0 fully saturated rings. The average Bonchev–Trinajstić information content (AvgIpc) is 3.13. The van der Waals surface area contributed by atoms with Crippen molar-refractivity contribution >= 4 is 25.7 Å². The van der Waals surface area contributed by atoms with Gasteiger partial charge >= 0.3 is 0 Å². The summed E-state index contributed by atoms with van der Waals surface area (Å²) in [4.78, 5) is 0.393. The van der Waals surface area contributed by atoms with Crippen molar-refractivity contribution in [2.24, 2.45) is 0 Å². The Hall–Kier alpha value is -2.94. The molecule has 0 radical (unpaired) electrons. The molecular formula is C26H28N2O4S2. The second-order valence-corrected chi connectivity index (χ2v) is 12.7. The Morgan fingerprint density at radius 3 is 2.00 bits per heavy atom. The summed E-state index contributed by atoms with van der Waals surface area (Å²) >= 11 is 0. The van der Waals surface area contributed by atoms with E-state index in [0.717, 1.165) is 5.56 Å². The monoisotopic (exact) mass is 496 g/mol. The number of sulfonamides is 2. The minimum absolute atomic E-state index is 0.106. The molecule has 1 aliphatic heterocycles. The SMILES string of the molecule is C=C(C)CN(CC1(C)CN(S(=O)(=O)c2ccccc2)c2ccccc21)S(=O)(=O)c1ccccc1. The molecule has 0 saturated carbocycles. The third-order valence-electron chi connectivity index (χ3n) is 6.00. The molecule has 3 aromatic rings. The molecule has 1 atom stereocenters. The zero-order valence-electron chi connectivity index (χ0n) is 19.3. The molecule has 0 bridgehead atoms. The lowest BCUT2D eigenvalue weighted by molar-refractivity contribution is 0.345. The highest BCUT2D eigenvalue weighted by Gasteiger charge is 2.46. The molecular weight excluding hydrogens is 468 g/mol. The number of hydrogen-bond donors (Lipinski definition) is 0. The quantitative estimate of drug-likeness (QED) is 0.433. The number of hydrogen-bond acceptors (Lipinski definition) is 4. The second-order valence-electron chi connectivity index (χ2n) is 8.95. The largest absolute Gasteiger partial charge is 0.265 e. The van der Waals surface area contributed by atoms with E-state index in [1.54, 1.807) is 79.7 Å². The lowest BCUT2D eigenvalue weighted by Gasteiger charge is -2.33. The van der Waals surface area contributed by atoms with Crippen molar-refractivity contribution in [3.8, 4) is 0 Å². The molecule has 8 heteroatoms. The van der Waals surface area contributed by atoms with Crippen molar-refractivity contribution in [2.45, 2.75) is 29.1 Å². The summed E-state index contributed by atoms with van der Waals surface area (Å²) in [5.41, 5.74) is 1.30. The maximum absolute atomic E-state index is 13.6. The number of anilines is 1. The predicted molar refractivity (Wildman–Crippen MR) is 135 cm³/mol. The summed E-state index contributed by atoms with van der Waals surface area (Å²) in [6, 6.07) is 23.9. The van der Waals surface area contributed by atoms with Crippen LogP contribution in [0.4, 0.5) is 5.69 Å². The summed E-state index contributed by atoms with van der Waals surface area (Å²) < 4.78 is 57.0. The summed E-state index contributed by atoms with van der Waals surface area (Å²) in [7, 11) is -7.65. The standard InChI is InChI=1S/C26H28N2O4S2/c1-21(2)18-27(33(29,30)22-12-6-4-7-13-22)19-26(3)20-28(25-17-11-10-16-24(25)26)34(31,32)23-14-8-5-9-15-23/h4-17H,1,18-20H2,2-3H3. The van der Waals surface area contributed by atoms with Crippen molar-refractivity contribution in [2.75, 3.05) is 23.9 Å². The van der Waals surface area contributed by atoms with Crippen LogP contribution in [0.3, 0.4) is 0 Å². The van der Waals surface area contributed by atoms with Gasteiger partial charge in [-0.2, -0.15) is 4.31 Å².